The molecule has 4 rings (SSSR count). The topological polar surface area (TPSA) is 67.9 Å². The van der Waals surface area contributed by atoms with Crippen molar-refractivity contribution in [1.82, 2.24) is 15.0 Å². The third-order valence-electron chi connectivity index (χ3n) is 4.11. The SMILES string of the molecule is Cc1csc2nc(/C=C/c3ccc(OCc4ccncc4)cc3)[nH]c(=O)c12. The van der Waals surface area contributed by atoms with Gasteiger partial charge in [-0.25, -0.2) is 4.98 Å². The van der Waals surface area contributed by atoms with Crippen LogP contribution in [0.5, 0.6) is 5.75 Å². The Morgan fingerprint density at radius 1 is 1.11 bits per heavy atom. The first-order valence-corrected chi connectivity index (χ1v) is 9.35. The Bertz CT molecular complexity index is 1150. The van der Waals surface area contributed by atoms with Gasteiger partial charge in [-0.2, -0.15) is 0 Å². The van der Waals surface area contributed by atoms with E-state index in [2.05, 4.69) is 15.0 Å². The van der Waals surface area contributed by atoms with Crippen LogP contribution in [0.1, 0.15) is 22.5 Å². The van der Waals surface area contributed by atoms with Gasteiger partial charge in [0.25, 0.3) is 5.56 Å². The van der Waals surface area contributed by atoms with Crippen LogP contribution in [0.4, 0.5) is 0 Å². The van der Waals surface area contributed by atoms with Crippen LogP contribution in [0, 0.1) is 6.92 Å². The van der Waals surface area contributed by atoms with E-state index in [0.29, 0.717) is 17.8 Å². The zero-order valence-corrected chi connectivity index (χ0v) is 15.5. The second-order valence-electron chi connectivity index (χ2n) is 6.10. The van der Waals surface area contributed by atoms with Gasteiger partial charge < -0.3 is 9.72 Å². The third kappa shape index (κ3) is 3.96. The molecule has 0 unspecified atom stereocenters. The molecule has 0 spiro atoms. The number of thiophene rings is 1. The molecule has 3 aromatic heterocycles. The van der Waals surface area contributed by atoms with Gasteiger partial charge in [-0.1, -0.05) is 18.2 Å². The average Bonchev–Trinajstić information content (AvgIpc) is 3.08. The standard InChI is InChI=1S/C21H17N3O2S/c1-14-13-27-21-19(14)20(25)23-18(24-21)7-4-15-2-5-17(6-3-15)26-12-16-8-10-22-11-9-16/h2-11,13H,12H2,1H3,(H,23,24,25)/b7-4+. The second kappa shape index (κ2) is 7.55. The number of aromatic nitrogens is 3. The van der Waals surface area contributed by atoms with Crippen LogP contribution in [0.3, 0.4) is 0 Å². The Morgan fingerprint density at radius 3 is 2.67 bits per heavy atom. The zero-order chi connectivity index (χ0) is 18.6. The van der Waals surface area contributed by atoms with Crippen LogP contribution in [0.15, 0.2) is 59.0 Å². The lowest BCUT2D eigenvalue weighted by atomic mass is 10.2. The van der Waals surface area contributed by atoms with Gasteiger partial charge in [0.05, 0.1) is 5.39 Å². The Labute approximate surface area is 160 Å². The summed E-state index contributed by atoms with van der Waals surface area (Å²) in [5.41, 5.74) is 2.93. The molecule has 0 saturated heterocycles. The summed E-state index contributed by atoms with van der Waals surface area (Å²) in [5.74, 6) is 1.35. The largest absolute Gasteiger partial charge is 0.489 e. The fourth-order valence-electron chi connectivity index (χ4n) is 2.68. The number of H-pyrrole nitrogens is 1. The number of pyridine rings is 1. The number of hydrogen-bond acceptors (Lipinski definition) is 5. The normalized spacial score (nSPS) is 11.3. The van der Waals surface area contributed by atoms with E-state index in [1.54, 1.807) is 12.4 Å². The van der Waals surface area contributed by atoms with Crippen LogP contribution in [-0.2, 0) is 6.61 Å². The van der Waals surface area contributed by atoms with Gasteiger partial charge in [0.1, 0.15) is 23.0 Å². The molecule has 0 aliphatic carbocycles. The number of fused-ring (bicyclic) bond motifs is 1. The van der Waals surface area contributed by atoms with Crippen molar-refractivity contribution in [3.05, 3.63) is 87.0 Å². The number of benzene rings is 1. The van der Waals surface area contributed by atoms with Crippen molar-refractivity contribution in [2.24, 2.45) is 0 Å². The lowest BCUT2D eigenvalue weighted by Crippen LogP contribution is -2.08. The minimum atomic E-state index is -0.0988. The van der Waals surface area contributed by atoms with Crippen molar-refractivity contribution in [2.75, 3.05) is 0 Å². The zero-order valence-electron chi connectivity index (χ0n) is 14.7. The molecule has 6 heteroatoms. The quantitative estimate of drug-likeness (QED) is 0.560. The van der Waals surface area contributed by atoms with Crippen LogP contribution in [-0.4, -0.2) is 15.0 Å². The fourth-order valence-corrected chi connectivity index (χ4v) is 3.61. The van der Waals surface area contributed by atoms with E-state index in [-0.39, 0.29) is 5.56 Å². The van der Waals surface area contributed by atoms with E-state index in [1.165, 1.54) is 11.3 Å². The minimum Gasteiger partial charge on any atom is -0.489 e. The van der Waals surface area contributed by atoms with Gasteiger partial charge in [0, 0.05) is 12.4 Å². The highest BCUT2D eigenvalue weighted by molar-refractivity contribution is 7.16. The average molecular weight is 375 g/mol. The Balaban J connectivity index is 1.46. The molecular formula is C21H17N3O2S. The number of nitrogens with zero attached hydrogens (tertiary/aromatic N) is 2. The fraction of sp³-hybridized carbons (Fsp3) is 0.0952. The molecule has 0 fully saturated rings. The molecule has 1 aromatic carbocycles. The smallest absolute Gasteiger partial charge is 0.260 e. The highest BCUT2D eigenvalue weighted by Gasteiger charge is 2.06. The van der Waals surface area contributed by atoms with Crippen molar-refractivity contribution in [1.29, 1.82) is 0 Å². The van der Waals surface area contributed by atoms with E-state index in [0.717, 1.165) is 27.3 Å². The summed E-state index contributed by atoms with van der Waals surface area (Å²) in [4.78, 5) is 24.3. The van der Waals surface area contributed by atoms with Gasteiger partial charge in [0.2, 0.25) is 0 Å². The first-order chi connectivity index (χ1) is 13.2. The van der Waals surface area contributed by atoms with Gasteiger partial charge in [0.15, 0.2) is 0 Å². The molecule has 0 radical (unpaired) electrons. The maximum atomic E-state index is 12.2. The molecule has 5 nitrogen and oxygen atoms in total. The molecule has 0 amide bonds. The predicted molar refractivity (Wildman–Crippen MR) is 109 cm³/mol. The van der Waals surface area contributed by atoms with Crippen molar-refractivity contribution in [3.8, 4) is 5.75 Å². The maximum Gasteiger partial charge on any atom is 0.260 e. The first kappa shape index (κ1) is 17.2. The minimum absolute atomic E-state index is 0.0988. The number of aryl methyl sites for hydroxylation is 1. The Kier molecular flexibility index (Phi) is 4.80. The summed E-state index contributed by atoms with van der Waals surface area (Å²) in [6, 6.07) is 11.6. The molecule has 3 heterocycles. The van der Waals surface area contributed by atoms with Crippen molar-refractivity contribution in [3.63, 3.8) is 0 Å². The summed E-state index contributed by atoms with van der Waals surface area (Å²) in [6.07, 6.45) is 7.22. The van der Waals surface area contributed by atoms with E-state index in [9.17, 15) is 4.79 Å². The second-order valence-corrected chi connectivity index (χ2v) is 6.95. The first-order valence-electron chi connectivity index (χ1n) is 8.47. The number of hydrogen-bond donors (Lipinski definition) is 1. The van der Waals surface area contributed by atoms with Crippen LogP contribution in [0.2, 0.25) is 0 Å². The predicted octanol–water partition coefficient (Wildman–Crippen LogP) is 4.44. The van der Waals surface area contributed by atoms with Gasteiger partial charge in [-0.3, -0.25) is 9.78 Å². The summed E-state index contributed by atoms with van der Waals surface area (Å²) < 4.78 is 5.77. The number of aromatic amines is 1. The number of rotatable bonds is 5. The highest BCUT2D eigenvalue weighted by atomic mass is 32.1. The van der Waals surface area contributed by atoms with E-state index < -0.39 is 0 Å². The molecule has 134 valence electrons. The lowest BCUT2D eigenvalue weighted by Gasteiger charge is -2.06. The monoisotopic (exact) mass is 375 g/mol. The van der Waals surface area contributed by atoms with Crippen LogP contribution >= 0.6 is 11.3 Å². The van der Waals surface area contributed by atoms with Gasteiger partial charge in [-0.05, 0) is 59.3 Å². The summed E-state index contributed by atoms with van der Waals surface area (Å²) in [7, 11) is 0. The van der Waals surface area contributed by atoms with E-state index in [1.807, 2.05) is 60.9 Å². The highest BCUT2D eigenvalue weighted by Crippen LogP contribution is 2.20. The van der Waals surface area contributed by atoms with Gasteiger partial charge >= 0.3 is 0 Å². The lowest BCUT2D eigenvalue weighted by molar-refractivity contribution is 0.306. The molecule has 0 atom stereocenters. The molecule has 1 N–H and O–H groups in total. The summed E-state index contributed by atoms with van der Waals surface area (Å²) >= 11 is 1.48. The molecule has 0 saturated carbocycles. The summed E-state index contributed by atoms with van der Waals surface area (Å²) in [5, 5.41) is 2.62. The van der Waals surface area contributed by atoms with Crippen LogP contribution in [0.25, 0.3) is 22.4 Å². The van der Waals surface area contributed by atoms with Crippen LogP contribution < -0.4 is 10.3 Å². The molecule has 0 bridgehead atoms. The van der Waals surface area contributed by atoms with E-state index in [4.69, 9.17) is 4.74 Å². The number of nitrogens with one attached hydrogen (secondary N) is 1. The molecular weight excluding hydrogens is 358 g/mol. The van der Waals surface area contributed by atoms with Crippen molar-refractivity contribution in [2.45, 2.75) is 13.5 Å². The van der Waals surface area contributed by atoms with Crippen molar-refractivity contribution < 1.29 is 4.74 Å². The molecule has 4 aromatic rings. The van der Waals surface area contributed by atoms with Gasteiger partial charge in [-0.15, -0.1) is 11.3 Å². The molecule has 0 aliphatic heterocycles. The number of ether oxygens (including phenoxy) is 1. The maximum absolute atomic E-state index is 12.2. The Hall–Kier alpha value is -3.25. The van der Waals surface area contributed by atoms with E-state index >= 15 is 0 Å². The third-order valence-corrected chi connectivity index (χ3v) is 5.10. The molecule has 0 aliphatic rings. The van der Waals surface area contributed by atoms with Crippen molar-refractivity contribution >= 4 is 33.7 Å². The Morgan fingerprint density at radius 2 is 1.89 bits per heavy atom. The summed E-state index contributed by atoms with van der Waals surface area (Å²) in [6.45, 7) is 2.42. The molecule has 27 heavy (non-hydrogen) atoms.